The molecule has 138 valence electrons. The maximum Gasteiger partial charge on any atom is 0.222 e. The molecule has 2 saturated heterocycles. The molecule has 0 saturated carbocycles. The lowest BCUT2D eigenvalue weighted by molar-refractivity contribution is -0.129. The number of nitrogens with one attached hydrogen (secondary N) is 1. The van der Waals surface area contributed by atoms with E-state index in [-0.39, 0.29) is 23.3 Å². The summed E-state index contributed by atoms with van der Waals surface area (Å²) in [6, 6.07) is 10.9. The predicted octanol–water partition coefficient (Wildman–Crippen LogP) is 2.87. The monoisotopic (exact) mass is 344 g/mol. The summed E-state index contributed by atoms with van der Waals surface area (Å²) in [6.45, 7) is 8.79. The molecule has 1 aromatic carbocycles. The molecule has 0 unspecified atom stereocenters. The molecule has 2 aliphatic heterocycles. The van der Waals surface area contributed by atoms with Crippen LogP contribution in [-0.4, -0.2) is 49.7 Å². The van der Waals surface area contributed by atoms with Gasteiger partial charge in [0.1, 0.15) is 0 Å². The van der Waals surface area contributed by atoms with E-state index in [9.17, 15) is 4.79 Å². The van der Waals surface area contributed by atoms with Gasteiger partial charge in [-0.05, 0) is 49.8 Å². The zero-order chi connectivity index (χ0) is 17.7. The van der Waals surface area contributed by atoms with Crippen molar-refractivity contribution >= 4 is 5.91 Å². The molecule has 4 heteroatoms. The number of likely N-dealkylation sites (tertiary alicyclic amines) is 1. The number of nitrogens with zero attached hydrogens (tertiary/aromatic N) is 1. The fourth-order valence-corrected chi connectivity index (χ4v) is 4.11. The highest BCUT2D eigenvalue weighted by atomic mass is 16.5. The van der Waals surface area contributed by atoms with Gasteiger partial charge in [-0.25, -0.2) is 0 Å². The quantitative estimate of drug-likeness (QED) is 0.893. The summed E-state index contributed by atoms with van der Waals surface area (Å²) in [4.78, 5) is 14.8. The minimum Gasteiger partial charge on any atom is -0.379 e. The van der Waals surface area contributed by atoms with E-state index in [0.29, 0.717) is 6.61 Å². The Morgan fingerprint density at radius 2 is 1.96 bits per heavy atom. The number of piperidine rings is 1. The fraction of sp³-hybridized carbons (Fsp3) is 0.667. The number of amides is 1. The van der Waals surface area contributed by atoms with Gasteiger partial charge >= 0.3 is 0 Å². The summed E-state index contributed by atoms with van der Waals surface area (Å²) in [7, 11) is 0. The third-order valence-corrected chi connectivity index (χ3v) is 6.02. The molecule has 1 amide bonds. The van der Waals surface area contributed by atoms with Gasteiger partial charge in [-0.3, -0.25) is 4.79 Å². The second-order valence-corrected chi connectivity index (χ2v) is 7.98. The van der Waals surface area contributed by atoms with Crippen LogP contribution in [0.25, 0.3) is 0 Å². The molecular weight excluding hydrogens is 312 g/mol. The average molecular weight is 344 g/mol. The van der Waals surface area contributed by atoms with E-state index in [4.69, 9.17) is 4.74 Å². The summed E-state index contributed by atoms with van der Waals surface area (Å²) < 4.78 is 5.69. The van der Waals surface area contributed by atoms with Gasteiger partial charge in [0.15, 0.2) is 0 Å². The molecule has 0 aromatic heterocycles. The predicted molar refractivity (Wildman–Crippen MR) is 100 cm³/mol. The normalized spacial score (nSPS) is 23.7. The van der Waals surface area contributed by atoms with Crippen LogP contribution in [0.15, 0.2) is 30.3 Å². The SMILES string of the molecule is CC(C)C(=O)N[C@@H]1COCCC12CCN(CCc1ccccc1)CC2. The summed E-state index contributed by atoms with van der Waals surface area (Å²) in [5, 5.41) is 3.27. The molecule has 1 aromatic rings. The van der Waals surface area contributed by atoms with Gasteiger partial charge < -0.3 is 15.0 Å². The fourth-order valence-electron chi connectivity index (χ4n) is 4.11. The van der Waals surface area contributed by atoms with Crippen molar-refractivity contribution in [1.29, 1.82) is 0 Å². The summed E-state index contributed by atoms with van der Waals surface area (Å²) in [5.74, 6) is 0.186. The van der Waals surface area contributed by atoms with Gasteiger partial charge in [0.05, 0.1) is 12.6 Å². The highest BCUT2D eigenvalue weighted by Crippen LogP contribution is 2.41. The molecule has 1 spiro atoms. The van der Waals surface area contributed by atoms with Gasteiger partial charge in [0, 0.05) is 19.1 Å². The van der Waals surface area contributed by atoms with Gasteiger partial charge in [0.25, 0.3) is 0 Å². The smallest absolute Gasteiger partial charge is 0.222 e. The molecular formula is C21H32N2O2. The van der Waals surface area contributed by atoms with Crippen LogP contribution in [0.4, 0.5) is 0 Å². The lowest BCUT2D eigenvalue weighted by Crippen LogP contribution is -2.58. The van der Waals surface area contributed by atoms with E-state index in [2.05, 4.69) is 40.5 Å². The van der Waals surface area contributed by atoms with Crippen LogP contribution in [0.1, 0.15) is 38.7 Å². The molecule has 3 rings (SSSR count). The van der Waals surface area contributed by atoms with Crippen LogP contribution < -0.4 is 5.32 Å². The molecule has 2 fully saturated rings. The number of hydrogen-bond donors (Lipinski definition) is 1. The first-order chi connectivity index (χ1) is 12.1. The van der Waals surface area contributed by atoms with E-state index in [1.165, 1.54) is 5.56 Å². The Labute approximate surface area is 151 Å². The van der Waals surface area contributed by atoms with Crippen LogP contribution in [0, 0.1) is 11.3 Å². The van der Waals surface area contributed by atoms with E-state index in [0.717, 1.165) is 51.9 Å². The van der Waals surface area contributed by atoms with Crippen molar-refractivity contribution in [2.75, 3.05) is 32.8 Å². The van der Waals surface area contributed by atoms with E-state index in [1.54, 1.807) is 0 Å². The molecule has 1 N–H and O–H groups in total. The summed E-state index contributed by atoms with van der Waals surface area (Å²) in [5.41, 5.74) is 1.64. The van der Waals surface area contributed by atoms with Crippen molar-refractivity contribution in [1.82, 2.24) is 10.2 Å². The number of ether oxygens (including phenoxy) is 1. The minimum absolute atomic E-state index is 0.0323. The number of carbonyl (C=O) groups is 1. The first-order valence-corrected chi connectivity index (χ1v) is 9.73. The Balaban J connectivity index is 1.54. The van der Waals surface area contributed by atoms with Crippen LogP contribution in [0.5, 0.6) is 0 Å². The van der Waals surface area contributed by atoms with Crippen molar-refractivity contribution in [3.8, 4) is 0 Å². The van der Waals surface area contributed by atoms with Gasteiger partial charge in [-0.1, -0.05) is 44.2 Å². The summed E-state index contributed by atoms with van der Waals surface area (Å²) >= 11 is 0. The van der Waals surface area contributed by atoms with Crippen molar-refractivity contribution in [2.45, 2.75) is 45.6 Å². The standard InChI is InChI=1S/C21H32N2O2/c1-17(2)20(24)22-19-16-25-15-11-21(19)9-13-23(14-10-21)12-8-18-6-4-3-5-7-18/h3-7,17,19H,8-16H2,1-2H3,(H,22,24)/t19-/m1/s1. The van der Waals surface area contributed by atoms with Crippen LogP contribution in [-0.2, 0) is 16.0 Å². The Morgan fingerprint density at radius 1 is 1.24 bits per heavy atom. The first-order valence-electron chi connectivity index (χ1n) is 9.73. The lowest BCUT2D eigenvalue weighted by atomic mass is 9.69. The van der Waals surface area contributed by atoms with E-state index >= 15 is 0 Å². The molecule has 4 nitrogen and oxygen atoms in total. The number of benzene rings is 1. The highest BCUT2D eigenvalue weighted by Gasteiger charge is 2.44. The van der Waals surface area contributed by atoms with E-state index < -0.39 is 0 Å². The maximum atomic E-state index is 12.2. The molecule has 25 heavy (non-hydrogen) atoms. The number of rotatable bonds is 5. The van der Waals surface area contributed by atoms with Crippen molar-refractivity contribution < 1.29 is 9.53 Å². The average Bonchev–Trinajstić information content (AvgIpc) is 2.64. The van der Waals surface area contributed by atoms with Crippen molar-refractivity contribution in [3.63, 3.8) is 0 Å². The van der Waals surface area contributed by atoms with Crippen LogP contribution in [0.3, 0.4) is 0 Å². The second-order valence-electron chi connectivity index (χ2n) is 7.98. The first kappa shape index (κ1) is 18.4. The Hall–Kier alpha value is -1.39. The van der Waals surface area contributed by atoms with Crippen LogP contribution >= 0.6 is 0 Å². The third kappa shape index (κ3) is 4.62. The van der Waals surface area contributed by atoms with Crippen molar-refractivity contribution in [2.24, 2.45) is 11.3 Å². The van der Waals surface area contributed by atoms with Crippen molar-refractivity contribution in [3.05, 3.63) is 35.9 Å². The third-order valence-electron chi connectivity index (χ3n) is 6.02. The number of hydrogen-bond acceptors (Lipinski definition) is 3. The molecule has 0 radical (unpaired) electrons. The molecule has 0 aliphatic carbocycles. The zero-order valence-corrected chi connectivity index (χ0v) is 15.7. The van der Waals surface area contributed by atoms with Crippen LogP contribution in [0.2, 0.25) is 0 Å². The molecule has 0 bridgehead atoms. The Morgan fingerprint density at radius 3 is 2.64 bits per heavy atom. The van der Waals surface area contributed by atoms with E-state index in [1.807, 2.05) is 13.8 Å². The minimum atomic E-state index is 0.0323. The topological polar surface area (TPSA) is 41.6 Å². The zero-order valence-electron chi connectivity index (χ0n) is 15.7. The Kier molecular flexibility index (Phi) is 6.13. The molecule has 2 heterocycles. The lowest BCUT2D eigenvalue weighted by Gasteiger charge is -2.49. The maximum absolute atomic E-state index is 12.2. The Bertz CT molecular complexity index is 550. The highest BCUT2D eigenvalue weighted by molar-refractivity contribution is 5.78. The summed E-state index contributed by atoms with van der Waals surface area (Å²) in [6.07, 6.45) is 4.51. The van der Waals surface area contributed by atoms with Gasteiger partial charge in [0.2, 0.25) is 5.91 Å². The number of carbonyl (C=O) groups excluding carboxylic acids is 1. The van der Waals surface area contributed by atoms with Gasteiger partial charge in [-0.15, -0.1) is 0 Å². The molecule has 1 atom stereocenters. The van der Waals surface area contributed by atoms with Gasteiger partial charge in [-0.2, -0.15) is 0 Å². The second kappa shape index (κ2) is 8.33. The molecule has 2 aliphatic rings. The largest absolute Gasteiger partial charge is 0.379 e.